The minimum Gasteiger partial charge on any atom is -0.383 e. The van der Waals surface area contributed by atoms with Crippen molar-refractivity contribution in [2.75, 3.05) is 12.8 Å². The van der Waals surface area contributed by atoms with Crippen LogP contribution < -0.4 is 5.73 Å². The number of halogens is 4. The molecule has 3 aromatic heterocycles. The summed E-state index contributed by atoms with van der Waals surface area (Å²) in [6, 6.07) is 5.34. The number of nitrogens with zero attached hydrogens (tertiary/aromatic N) is 5. The number of nitrogen functional groups attached to an aromatic ring is 1. The van der Waals surface area contributed by atoms with Crippen molar-refractivity contribution in [2.45, 2.75) is 12.7 Å². The van der Waals surface area contributed by atoms with Gasteiger partial charge in [-0.3, -0.25) is 14.5 Å². The Morgan fingerprint density at radius 3 is 2.61 bits per heavy atom. The highest BCUT2D eigenvalue weighted by molar-refractivity contribution is 6.35. The number of fused-ring (bicyclic) bond motifs is 3. The zero-order valence-electron chi connectivity index (χ0n) is 16.4. The molecule has 0 aliphatic heterocycles. The highest BCUT2D eigenvalue weighted by Crippen LogP contribution is 2.32. The van der Waals surface area contributed by atoms with E-state index in [0.29, 0.717) is 33.3 Å². The molecule has 7 nitrogen and oxygen atoms in total. The third-order valence-electron chi connectivity index (χ3n) is 4.92. The average molecular weight is 449 g/mol. The van der Waals surface area contributed by atoms with Crippen LogP contribution in [0, 0.1) is 0 Å². The number of aryl methyl sites for hydroxylation is 1. The maximum Gasteiger partial charge on any atom is 0.417 e. The van der Waals surface area contributed by atoms with Crippen molar-refractivity contribution in [1.29, 1.82) is 0 Å². The van der Waals surface area contributed by atoms with Crippen molar-refractivity contribution in [2.24, 2.45) is 7.05 Å². The Morgan fingerprint density at radius 1 is 1.23 bits per heavy atom. The van der Waals surface area contributed by atoms with Crippen LogP contribution in [0.15, 0.2) is 36.7 Å². The van der Waals surface area contributed by atoms with Gasteiger partial charge in [-0.2, -0.15) is 18.3 Å². The van der Waals surface area contributed by atoms with E-state index in [1.54, 1.807) is 30.1 Å². The number of anilines is 1. The van der Waals surface area contributed by atoms with Gasteiger partial charge in [0, 0.05) is 25.7 Å². The number of rotatable bonds is 3. The first kappa shape index (κ1) is 20.9. The number of amides is 1. The van der Waals surface area contributed by atoms with Gasteiger partial charge in [0.25, 0.3) is 5.91 Å². The van der Waals surface area contributed by atoms with Gasteiger partial charge < -0.3 is 10.6 Å². The highest BCUT2D eigenvalue weighted by atomic mass is 35.5. The van der Waals surface area contributed by atoms with Gasteiger partial charge in [-0.15, -0.1) is 0 Å². The number of hydrogen-bond donors (Lipinski definition) is 1. The molecule has 0 aliphatic carbocycles. The van der Waals surface area contributed by atoms with E-state index in [4.69, 9.17) is 17.3 Å². The van der Waals surface area contributed by atoms with Crippen LogP contribution in [0.25, 0.3) is 21.8 Å². The van der Waals surface area contributed by atoms with Gasteiger partial charge in [-0.1, -0.05) is 11.6 Å². The minimum atomic E-state index is -4.47. The average Bonchev–Trinajstić information content (AvgIpc) is 3.09. The van der Waals surface area contributed by atoms with E-state index in [2.05, 4.69) is 15.1 Å². The Balaban J connectivity index is 1.68. The van der Waals surface area contributed by atoms with Crippen LogP contribution in [-0.2, 0) is 19.8 Å². The third kappa shape index (κ3) is 3.74. The molecular weight excluding hydrogens is 433 g/mol. The number of aromatic nitrogens is 4. The standard InChI is InChI=1S/C20H16ClF3N6O/c1-29(9-11-4-3-10(7-26-11)20(22,23)24)19(31)12-5-13-16(6-15(12)21)28-18(25)14-8-27-30(2)17(13)14/h3-8H,9H2,1-2H3,(H2,25,28). The number of carbonyl (C=O) groups is 1. The smallest absolute Gasteiger partial charge is 0.383 e. The Bertz CT molecular complexity index is 1320. The van der Waals surface area contributed by atoms with Gasteiger partial charge in [0.2, 0.25) is 0 Å². The molecule has 0 saturated carbocycles. The molecule has 11 heteroatoms. The number of pyridine rings is 2. The molecule has 0 bridgehead atoms. The predicted octanol–water partition coefficient (Wildman–Crippen LogP) is 4.04. The van der Waals surface area contributed by atoms with Crippen molar-refractivity contribution >= 4 is 45.1 Å². The molecule has 0 saturated heterocycles. The van der Waals surface area contributed by atoms with Crippen molar-refractivity contribution in [3.05, 3.63) is 58.5 Å². The molecule has 1 amide bonds. The van der Waals surface area contributed by atoms with Gasteiger partial charge in [-0.05, 0) is 24.3 Å². The minimum absolute atomic E-state index is 0.00639. The monoisotopic (exact) mass is 448 g/mol. The van der Waals surface area contributed by atoms with Crippen LogP contribution in [0.5, 0.6) is 0 Å². The fourth-order valence-corrected chi connectivity index (χ4v) is 3.59. The maximum absolute atomic E-state index is 13.0. The van der Waals surface area contributed by atoms with Gasteiger partial charge in [0.1, 0.15) is 5.82 Å². The molecule has 4 rings (SSSR count). The number of carbonyl (C=O) groups excluding carboxylic acids is 1. The summed E-state index contributed by atoms with van der Waals surface area (Å²) in [6.45, 7) is 0.00639. The molecule has 0 spiro atoms. The van der Waals surface area contributed by atoms with Crippen LogP contribution in [0.1, 0.15) is 21.6 Å². The molecule has 31 heavy (non-hydrogen) atoms. The second-order valence-corrected chi connectivity index (χ2v) is 7.48. The van der Waals surface area contributed by atoms with Gasteiger partial charge in [0.15, 0.2) is 0 Å². The van der Waals surface area contributed by atoms with E-state index in [9.17, 15) is 18.0 Å². The molecular formula is C20H16ClF3N6O. The fraction of sp³-hybridized carbons (Fsp3) is 0.200. The number of hydrogen-bond acceptors (Lipinski definition) is 5. The van der Waals surface area contributed by atoms with Crippen LogP contribution in [0.2, 0.25) is 5.02 Å². The lowest BCUT2D eigenvalue weighted by Gasteiger charge is -2.18. The van der Waals surface area contributed by atoms with Crippen molar-refractivity contribution in [1.82, 2.24) is 24.6 Å². The molecule has 4 aromatic rings. The molecule has 0 fully saturated rings. The summed E-state index contributed by atoms with van der Waals surface area (Å²) in [4.78, 5) is 22.5. The summed E-state index contributed by atoms with van der Waals surface area (Å²) in [6.07, 6.45) is -2.14. The molecule has 0 atom stereocenters. The van der Waals surface area contributed by atoms with Crippen molar-refractivity contribution in [3.63, 3.8) is 0 Å². The summed E-state index contributed by atoms with van der Waals surface area (Å²) in [5.41, 5.74) is 6.90. The van der Waals surface area contributed by atoms with Crippen LogP contribution in [0.4, 0.5) is 19.0 Å². The number of nitrogens with two attached hydrogens (primary N) is 1. The second kappa shape index (κ2) is 7.38. The number of alkyl halides is 3. The summed E-state index contributed by atoms with van der Waals surface area (Å²) >= 11 is 6.34. The van der Waals surface area contributed by atoms with Crippen molar-refractivity contribution in [3.8, 4) is 0 Å². The Morgan fingerprint density at radius 2 is 1.97 bits per heavy atom. The first-order valence-corrected chi connectivity index (χ1v) is 9.42. The summed E-state index contributed by atoms with van der Waals surface area (Å²) in [5.74, 6) is -0.114. The Labute approximate surface area is 179 Å². The first-order valence-electron chi connectivity index (χ1n) is 9.04. The Kier molecular flexibility index (Phi) is 4.97. The maximum atomic E-state index is 13.0. The molecule has 3 heterocycles. The van der Waals surface area contributed by atoms with E-state index in [1.807, 2.05) is 0 Å². The summed E-state index contributed by atoms with van der Waals surface area (Å²) < 4.78 is 39.8. The van der Waals surface area contributed by atoms with E-state index in [-0.39, 0.29) is 17.1 Å². The van der Waals surface area contributed by atoms with Crippen LogP contribution >= 0.6 is 11.6 Å². The molecule has 0 radical (unpaired) electrons. The van der Waals surface area contributed by atoms with Gasteiger partial charge in [-0.25, -0.2) is 4.98 Å². The topological polar surface area (TPSA) is 89.9 Å². The third-order valence-corrected chi connectivity index (χ3v) is 5.24. The zero-order valence-corrected chi connectivity index (χ0v) is 17.2. The van der Waals surface area contributed by atoms with E-state index < -0.39 is 17.6 Å². The van der Waals surface area contributed by atoms with Crippen LogP contribution in [0.3, 0.4) is 0 Å². The quantitative estimate of drug-likeness (QED) is 0.511. The second-order valence-electron chi connectivity index (χ2n) is 7.07. The van der Waals surface area contributed by atoms with Gasteiger partial charge >= 0.3 is 6.18 Å². The van der Waals surface area contributed by atoms with E-state index in [0.717, 1.165) is 12.3 Å². The van der Waals surface area contributed by atoms with Crippen LogP contribution in [-0.4, -0.2) is 37.6 Å². The van der Waals surface area contributed by atoms with Crippen molar-refractivity contribution < 1.29 is 18.0 Å². The zero-order chi connectivity index (χ0) is 22.5. The largest absolute Gasteiger partial charge is 0.417 e. The lowest BCUT2D eigenvalue weighted by molar-refractivity contribution is -0.137. The van der Waals surface area contributed by atoms with E-state index in [1.165, 1.54) is 18.0 Å². The molecule has 0 unspecified atom stereocenters. The summed E-state index contributed by atoms with van der Waals surface area (Å²) in [5, 5.41) is 5.68. The molecule has 0 aliphatic rings. The molecule has 2 N–H and O–H groups in total. The first-order chi connectivity index (χ1) is 14.6. The fourth-order valence-electron chi connectivity index (χ4n) is 3.35. The molecule has 1 aromatic carbocycles. The number of benzene rings is 1. The SMILES string of the molecule is CN(Cc1ccc(C(F)(F)F)cn1)C(=O)c1cc2c(cc1Cl)nc(N)c1cnn(C)c12. The lowest BCUT2D eigenvalue weighted by Crippen LogP contribution is -2.27. The lowest BCUT2D eigenvalue weighted by atomic mass is 10.1. The summed E-state index contributed by atoms with van der Waals surface area (Å²) in [7, 11) is 3.27. The highest BCUT2D eigenvalue weighted by Gasteiger charge is 2.30. The Hall–Kier alpha value is -3.40. The molecule has 160 valence electrons. The van der Waals surface area contributed by atoms with Gasteiger partial charge in [0.05, 0.1) is 51.0 Å². The predicted molar refractivity (Wildman–Crippen MR) is 110 cm³/mol. The normalized spacial score (nSPS) is 11.9. The van der Waals surface area contributed by atoms with E-state index >= 15 is 0 Å².